The first-order chi connectivity index (χ1) is 7.65. The van der Waals surface area contributed by atoms with Crippen molar-refractivity contribution in [2.75, 3.05) is 26.2 Å². The van der Waals surface area contributed by atoms with Crippen molar-refractivity contribution in [3.8, 4) is 0 Å². The van der Waals surface area contributed by atoms with Crippen LogP contribution in [0.5, 0.6) is 0 Å². The first-order valence-electron chi connectivity index (χ1n) is 6.75. The summed E-state index contributed by atoms with van der Waals surface area (Å²) in [6, 6.07) is 0.688. The van der Waals surface area contributed by atoms with Gasteiger partial charge in [0.1, 0.15) is 0 Å². The van der Waals surface area contributed by atoms with Crippen LogP contribution in [0.25, 0.3) is 0 Å². The highest BCUT2D eigenvalue weighted by Gasteiger charge is 2.21. The highest BCUT2D eigenvalue weighted by atomic mass is 15.2. The molecule has 0 fully saturated rings. The molecule has 2 atom stereocenters. The van der Waals surface area contributed by atoms with E-state index in [0.29, 0.717) is 6.04 Å². The molecule has 94 valence electrons. The third-order valence-electron chi connectivity index (χ3n) is 3.65. The SMILES string of the molecule is CCCNCC(C)C(C)N1CCC=C(C)C1. The molecule has 1 N–H and O–H groups in total. The number of nitrogens with one attached hydrogen (secondary N) is 1. The molecule has 0 aromatic heterocycles. The number of hydrogen-bond donors (Lipinski definition) is 1. The molecule has 1 aliphatic rings. The molecule has 0 bridgehead atoms. The van der Waals surface area contributed by atoms with Gasteiger partial charge < -0.3 is 5.32 Å². The molecule has 0 aliphatic carbocycles. The van der Waals surface area contributed by atoms with Gasteiger partial charge in [-0.3, -0.25) is 4.90 Å². The zero-order chi connectivity index (χ0) is 12.0. The van der Waals surface area contributed by atoms with Gasteiger partial charge in [0.2, 0.25) is 0 Å². The van der Waals surface area contributed by atoms with Crippen LogP contribution in [-0.2, 0) is 0 Å². The van der Waals surface area contributed by atoms with Crippen molar-refractivity contribution in [1.82, 2.24) is 10.2 Å². The van der Waals surface area contributed by atoms with Gasteiger partial charge in [-0.2, -0.15) is 0 Å². The Morgan fingerprint density at radius 3 is 2.81 bits per heavy atom. The first kappa shape index (κ1) is 13.7. The lowest BCUT2D eigenvalue weighted by Gasteiger charge is -2.35. The monoisotopic (exact) mass is 224 g/mol. The Balaban J connectivity index is 2.32. The summed E-state index contributed by atoms with van der Waals surface area (Å²) in [7, 11) is 0. The van der Waals surface area contributed by atoms with E-state index in [9.17, 15) is 0 Å². The van der Waals surface area contributed by atoms with Gasteiger partial charge in [0.15, 0.2) is 0 Å². The van der Waals surface area contributed by atoms with Gasteiger partial charge in [-0.05, 0) is 45.7 Å². The van der Waals surface area contributed by atoms with Crippen molar-refractivity contribution in [2.24, 2.45) is 5.92 Å². The smallest absolute Gasteiger partial charge is 0.0193 e. The van der Waals surface area contributed by atoms with Crippen LogP contribution in [-0.4, -0.2) is 37.1 Å². The van der Waals surface area contributed by atoms with Gasteiger partial charge >= 0.3 is 0 Å². The summed E-state index contributed by atoms with van der Waals surface area (Å²) in [6.45, 7) is 13.9. The maximum absolute atomic E-state index is 3.52. The third-order valence-corrected chi connectivity index (χ3v) is 3.65. The second kappa shape index (κ2) is 7.08. The van der Waals surface area contributed by atoms with Crippen LogP contribution in [0, 0.1) is 5.92 Å². The largest absolute Gasteiger partial charge is 0.316 e. The molecule has 0 aromatic carbocycles. The number of rotatable bonds is 6. The Kier molecular flexibility index (Phi) is 6.07. The molecule has 1 heterocycles. The zero-order valence-corrected chi connectivity index (χ0v) is 11.4. The van der Waals surface area contributed by atoms with Gasteiger partial charge in [-0.1, -0.05) is 25.5 Å². The van der Waals surface area contributed by atoms with Crippen LogP contribution in [0.15, 0.2) is 11.6 Å². The van der Waals surface area contributed by atoms with Gasteiger partial charge in [-0.25, -0.2) is 0 Å². The predicted octanol–water partition coefficient (Wildman–Crippen LogP) is 2.66. The normalized spacial score (nSPS) is 21.6. The van der Waals surface area contributed by atoms with E-state index < -0.39 is 0 Å². The summed E-state index contributed by atoms with van der Waals surface area (Å²) in [5, 5.41) is 3.52. The van der Waals surface area contributed by atoms with Crippen LogP contribution in [0.2, 0.25) is 0 Å². The molecule has 0 radical (unpaired) electrons. The Hall–Kier alpha value is -0.340. The lowest BCUT2D eigenvalue weighted by Crippen LogP contribution is -2.43. The highest BCUT2D eigenvalue weighted by Crippen LogP contribution is 2.16. The molecule has 1 aliphatic heterocycles. The van der Waals surface area contributed by atoms with Gasteiger partial charge in [0.05, 0.1) is 0 Å². The van der Waals surface area contributed by atoms with E-state index >= 15 is 0 Å². The molecule has 2 nitrogen and oxygen atoms in total. The molecule has 0 spiro atoms. The summed E-state index contributed by atoms with van der Waals surface area (Å²) >= 11 is 0. The molecule has 1 rings (SSSR count). The third kappa shape index (κ3) is 4.26. The van der Waals surface area contributed by atoms with E-state index in [4.69, 9.17) is 0 Å². The summed E-state index contributed by atoms with van der Waals surface area (Å²) in [5.41, 5.74) is 1.53. The Morgan fingerprint density at radius 2 is 2.19 bits per heavy atom. The van der Waals surface area contributed by atoms with E-state index in [1.807, 2.05) is 0 Å². The average molecular weight is 224 g/mol. The molecule has 2 heteroatoms. The van der Waals surface area contributed by atoms with Gasteiger partial charge in [-0.15, -0.1) is 0 Å². The van der Waals surface area contributed by atoms with Crippen LogP contribution >= 0.6 is 0 Å². The topological polar surface area (TPSA) is 15.3 Å². The van der Waals surface area contributed by atoms with E-state index in [1.54, 1.807) is 0 Å². The lowest BCUT2D eigenvalue weighted by atomic mass is 9.99. The van der Waals surface area contributed by atoms with E-state index in [2.05, 4.69) is 44.0 Å². The van der Waals surface area contributed by atoms with Crippen molar-refractivity contribution in [3.05, 3.63) is 11.6 Å². The Bertz CT molecular complexity index is 223. The van der Waals surface area contributed by atoms with E-state index in [-0.39, 0.29) is 0 Å². The van der Waals surface area contributed by atoms with E-state index in [0.717, 1.165) is 19.0 Å². The van der Waals surface area contributed by atoms with Crippen molar-refractivity contribution < 1.29 is 0 Å². The quantitative estimate of drug-likeness (QED) is 0.551. The minimum atomic E-state index is 0.688. The molecule has 0 amide bonds. The minimum Gasteiger partial charge on any atom is -0.316 e. The van der Waals surface area contributed by atoms with Crippen molar-refractivity contribution in [1.29, 1.82) is 0 Å². The molecule has 0 saturated carbocycles. The molecular weight excluding hydrogens is 196 g/mol. The van der Waals surface area contributed by atoms with Crippen LogP contribution in [0.1, 0.15) is 40.5 Å². The Morgan fingerprint density at radius 1 is 1.44 bits per heavy atom. The fraction of sp³-hybridized carbons (Fsp3) is 0.857. The molecule has 0 saturated heterocycles. The fourth-order valence-corrected chi connectivity index (χ4v) is 2.33. The second-order valence-electron chi connectivity index (χ2n) is 5.23. The summed E-state index contributed by atoms with van der Waals surface area (Å²) in [5.74, 6) is 0.734. The number of hydrogen-bond acceptors (Lipinski definition) is 2. The molecular formula is C14H28N2. The van der Waals surface area contributed by atoms with Crippen molar-refractivity contribution in [2.45, 2.75) is 46.6 Å². The minimum absolute atomic E-state index is 0.688. The van der Waals surface area contributed by atoms with Crippen LogP contribution in [0.4, 0.5) is 0 Å². The summed E-state index contributed by atoms with van der Waals surface area (Å²) in [6.07, 6.45) is 4.83. The summed E-state index contributed by atoms with van der Waals surface area (Å²) in [4.78, 5) is 2.62. The standard InChI is InChI=1S/C14H28N2/c1-5-8-15-10-13(3)14(4)16-9-6-7-12(2)11-16/h7,13-15H,5-6,8-11H2,1-4H3. The van der Waals surface area contributed by atoms with Gasteiger partial charge in [0.25, 0.3) is 0 Å². The molecule has 2 unspecified atom stereocenters. The van der Waals surface area contributed by atoms with Crippen LogP contribution < -0.4 is 5.32 Å². The average Bonchev–Trinajstić information content (AvgIpc) is 2.28. The van der Waals surface area contributed by atoms with Crippen molar-refractivity contribution in [3.63, 3.8) is 0 Å². The maximum atomic E-state index is 3.52. The lowest BCUT2D eigenvalue weighted by molar-refractivity contribution is 0.169. The zero-order valence-electron chi connectivity index (χ0n) is 11.4. The van der Waals surface area contributed by atoms with E-state index in [1.165, 1.54) is 31.5 Å². The highest BCUT2D eigenvalue weighted by molar-refractivity contribution is 5.05. The second-order valence-corrected chi connectivity index (χ2v) is 5.23. The van der Waals surface area contributed by atoms with Crippen LogP contribution in [0.3, 0.4) is 0 Å². The first-order valence-corrected chi connectivity index (χ1v) is 6.75. The number of nitrogens with zero attached hydrogens (tertiary/aromatic N) is 1. The summed E-state index contributed by atoms with van der Waals surface area (Å²) < 4.78 is 0. The predicted molar refractivity (Wildman–Crippen MR) is 71.7 cm³/mol. The Labute approximate surface area is 101 Å². The van der Waals surface area contributed by atoms with Crippen molar-refractivity contribution >= 4 is 0 Å². The maximum Gasteiger partial charge on any atom is 0.0193 e. The molecule has 0 aromatic rings. The van der Waals surface area contributed by atoms with Gasteiger partial charge in [0, 0.05) is 19.1 Å². The molecule has 16 heavy (non-hydrogen) atoms. The fourth-order valence-electron chi connectivity index (χ4n) is 2.33.